The maximum absolute atomic E-state index is 12.1. The number of aromatic nitrogens is 1. The number of hydrogen-bond donors (Lipinski definition) is 0. The van der Waals surface area contributed by atoms with Crippen molar-refractivity contribution in [3.05, 3.63) is 17.3 Å². The summed E-state index contributed by atoms with van der Waals surface area (Å²) in [5.74, 6) is -0.352. The third kappa shape index (κ3) is 3.09. The largest absolute Gasteiger partial charge is 0.469 e. The van der Waals surface area contributed by atoms with Gasteiger partial charge in [0.2, 0.25) is 5.76 Å². The SMILES string of the molecule is COC(=O)C(C)CN(C)C(=O)c1oc(C)nc1C. The highest BCUT2D eigenvalue weighted by atomic mass is 16.5. The molecule has 0 aromatic carbocycles. The molecule has 0 aliphatic heterocycles. The van der Waals surface area contributed by atoms with Gasteiger partial charge in [0.1, 0.15) is 0 Å². The van der Waals surface area contributed by atoms with Gasteiger partial charge in [-0.1, -0.05) is 6.92 Å². The Morgan fingerprint density at radius 2 is 2.06 bits per heavy atom. The Balaban J connectivity index is 2.73. The number of amides is 1. The van der Waals surface area contributed by atoms with Crippen LogP contribution in [-0.4, -0.2) is 42.5 Å². The summed E-state index contributed by atoms with van der Waals surface area (Å²) in [6.07, 6.45) is 0. The smallest absolute Gasteiger partial charge is 0.310 e. The summed E-state index contributed by atoms with van der Waals surface area (Å²) in [5.41, 5.74) is 0.551. The number of ether oxygens (including phenoxy) is 1. The maximum Gasteiger partial charge on any atom is 0.310 e. The van der Waals surface area contributed by atoms with E-state index in [4.69, 9.17) is 4.42 Å². The third-order valence-electron chi connectivity index (χ3n) is 2.60. The van der Waals surface area contributed by atoms with Crippen LogP contribution in [-0.2, 0) is 9.53 Å². The minimum Gasteiger partial charge on any atom is -0.469 e. The number of oxazole rings is 1. The molecule has 100 valence electrons. The van der Waals surface area contributed by atoms with Crippen LogP contribution in [0.1, 0.15) is 29.1 Å². The van der Waals surface area contributed by atoms with E-state index in [1.165, 1.54) is 12.0 Å². The van der Waals surface area contributed by atoms with Gasteiger partial charge in [-0.3, -0.25) is 9.59 Å². The van der Waals surface area contributed by atoms with Crippen LogP contribution in [0.5, 0.6) is 0 Å². The fraction of sp³-hybridized carbons (Fsp3) is 0.583. The Kier molecular flexibility index (Phi) is 4.47. The number of esters is 1. The molecule has 18 heavy (non-hydrogen) atoms. The van der Waals surface area contributed by atoms with E-state index in [2.05, 4.69) is 9.72 Å². The average Bonchev–Trinajstić information content (AvgIpc) is 2.66. The predicted molar refractivity (Wildman–Crippen MR) is 64.1 cm³/mol. The molecule has 1 heterocycles. The first-order valence-corrected chi connectivity index (χ1v) is 5.64. The molecule has 0 bridgehead atoms. The quantitative estimate of drug-likeness (QED) is 0.754. The molecule has 0 N–H and O–H groups in total. The highest BCUT2D eigenvalue weighted by molar-refractivity contribution is 5.92. The zero-order valence-corrected chi connectivity index (χ0v) is 11.3. The number of nitrogens with zero attached hydrogens (tertiary/aromatic N) is 2. The molecular weight excluding hydrogens is 236 g/mol. The van der Waals surface area contributed by atoms with Gasteiger partial charge >= 0.3 is 5.97 Å². The van der Waals surface area contributed by atoms with E-state index in [-0.39, 0.29) is 30.1 Å². The van der Waals surface area contributed by atoms with Crippen molar-refractivity contribution in [3.63, 3.8) is 0 Å². The van der Waals surface area contributed by atoms with Gasteiger partial charge in [0.25, 0.3) is 5.91 Å². The van der Waals surface area contributed by atoms with Gasteiger partial charge < -0.3 is 14.1 Å². The Morgan fingerprint density at radius 3 is 2.50 bits per heavy atom. The van der Waals surface area contributed by atoms with Crippen molar-refractivity contribution in [3.8, 4) is 0 Å². The van der Waals surface area contributed by atoms with Gasteiger partial charge in [0, 0.05) is 20.5 Å². The first-order chi connectivity index (χ1) is 8.36. The van der Waals surface area contributed by atoms with Gasteiger partial charge in [-0.25, -0.2) is 4.98 Å². The average molecular weight is 254 g/mol. The van der Waals surface area contributed by atoms with E-state index in [0.29, 0.717) is 11.6 Å². The highest BCUT2D eigenvalue weighted by Gasteiger charge is 2.23. The van der Waals surface area contributed by atoms with Crippen LogP contribution < -0.4 is 0 Å². The third-order valence-corrected chi connectivity index (χ3v) is 2.60. The molecule has 0 radical (unpaired) electrons. The zero-order chi connectivity index (χ0) is 13.9. The Hall–Kier alpha value is -1.85. The number of carbonyl (C=O) groups is 2. The summed E-state index contributed by atoms with van der Waals surface area (Å²) in [7, 11) is 2.93. The second-order valence-corrected chi connectivity index (χ2v) is 4.26. The van der Waals surface area contributed by atoms with Crippen LogP contribution in [0.15, 0.2) is 4.42 Å². The monoisotopic (exact) mass is 254 g/mol. The van der Waals surface area contributed by atoms with Crippen molar-refractivity contribution in [2.75, 3.05) is 20.7 Å². The van der Waals surface area contributed by atoms with Crippen LogP contribution >= 0.6 is 0 Å². The van der Waals surface area contributed by atoms with E-state index < -0.39 is 0 Å². The summed E-state index contributed by atoms with van der Waals surface area (Å²) in [6, 6.07) is 0. The summed E-state index contributed by atoms with van der Waals surface area (Å²) in [4.78, 5) is 28.8. The normalized spacial score (nSPS) is 12.1. The molecule has 1 unspecified atom stereocenters. The van der Waals surface area contributed by atoms with Gasteiger partial charge in [0.15, 0.2) is 5.89 Å². The number of hydrogen-bond acceptors (Lipinski definition) is 5. The Bertz CT molecular complexity index is 453. The maximum atomic E-state index is 12.1. The molecule has 0 aliphatic carbocycles. The fourth-order valence-electron chi connectivity index (χ4n) is 1.67. The highest BCUT2D eigenvalue weighted by Crippen LogP contribution is 2.13. The van der Waals surface area contributed by atoms with Crippen molar-refractivity contribution in [2.45, 2.75) is 20.8 Å². The number of methoxy groups -OCH3 is 1. The minimum absolute atomic E-state index is 0.215. The van der Waals surface area contributed by atoms with E-state index in [1.54, 1.807) is 27.8 Å². The Labute approximate surface area is 106 Å². The summed E-state index contributed by atoms with van der Waals surface area (Å²) in [5, 5.41) is 0. The second kappa shape index (κ2) is 5.66. The molecule has 0 fully saturated rings. The summed E-state index contributed by atoms with van der Waals surface area (Å²) >= 11 is 0. The first kappa shape index (κ1) is 14.2. The zero-order valence-electron chi connectivity index (χ0n) is 11.3. The van der Waals surface area contributed by atoms with Gasteiger partial charge in [-0.15, -0.1) is 0 Å². The van der Waals surface area contributed by atoms with E-state index in [1.807, 2.05) is 0 Å². The number of rotatable bonds is 4. The van der Waals surface area contributed by atoms with Crippen molar-refractivity contribution >= 4 is 11.9 Å². The van der Waals surface area contributed by atoms with Crippen LogP contribution in [0, 0.1) is 19.8 Å². The van der Waals surface area contributed by atoms with Crippen molar-refractivity contribution < 1.29 is 18.7 Å². The summed E-state index contributed by atoms with van der Waals surface area (Å²) in [6.45, 7) is 5.36. The lowest BCUT2D eigenvalue weighted by molar-refractivity contribution is -0.145. The molecule has 1 aromatic rings. The molecule has 6 heteroatoms. The van der Waals surface area contributed by atoms with E-state index in [0.717, 1.165) is 0 Å². The van der Waals surface area contributed by atoms with Crippen molar-refractivity contribution in [2.24, 2.45) is 5.92 Å². The fourth-order valence-corrected chi connectivity index (χ4v) is 1.67. The van der Waals surface area contributed by atoms with E-state index in [9.17, 15) is 9.59 Å². The molecule has 6 nitrogen and oxygen atoms in total. The topological polar surface area (TPSA) is 72.6 Å². The van der Waals surface area contributed by atoms with Gasteiger partial charge in [-0.05, 0) is 6.92 Å². The van der Waals surface area contributed by atoms with Crippen molar-refractivity contribution in [1.29, 1.82) is 0 Å². The minimum atomic E-state index is -0.381. The standard InChI is InChI=1S/C12H18N2O4/c1-7(12(16)17-5)6-14(4)11(15)10-8(2)13-9(3)18-10/h7H,6H2,1-5H3. The molecule has 1 aromatic heterocycles. The lowest BCUT2D eigenvalue weighted by Gasteiger charge is -2.19. The first-order valence-electron chi connectivity index (χ1n) is 5.64. The molecule has 1 amide bonds. The Morgan fingerprint density at radius 1 is 1.44 bits per heavy atom. The molecule has 0 spiro atoms. The summed E-state index contributed by atoms with van der Waals surface area (Å²) < 4.78 is 9.86. The second-order valence-electron chi connectivity index (χ2n) is 4.26. The van der Waals surface area contributed by atoms with Crippen LogP contribution in [0.25, 0.3) is 0 Å². The number of aryl methyl sites for hydroxylation is 2. The molecule has 1 rings (SSSR count). The van der Waals surface area contributed by atoms with Crippen LogP contribution in [0.2, 0.25) is 0 Å². The van der Waals surface area contributed by atoms with Gasteiger partial charge in [-0.2, -0.15) is 0 Å². The lowest BCUT2D eigenvalue weighted by Crippen LogP contribution is -2.34. The number of carbonyl (C=O) groups excluding carboxylic acids is 2. The van der Waals surface area contributed by atoms with Gasteiger partial charge in [0.05, 0.1) is 18.7 Å². The molecule has 1 atom stereocenters. The molecule has 0 saturated carbocycles. The predicted octanol–water partition coefficient (Wildman–Crippen LogP) is 1.17. The molecule has 0 aliphatic rings. The van der Waals surface area contributed by atoms with Crippen LogP contribution in [0.3, 0.4) is 0 Å². The van der Waals surface area contributed by atoms with Crippen molar-refractivity contribution in [1.82, 2.24) is 9.88 Å². The van der Waals surface area contributed by atoms with E-state index >= 15 is 0 Å². The van der Waals surface area contributed by atoms with Crippen LogP contribution in [0.4, 0.5) is 0 Å². The molecule has 0 saturated heterocycles. The lowest BCUT2D eigenvalue weighted by atomic mass is 10.1. The molecular formula is C12H18N2O4.